The van der Waals surface area contributed by atoms with E-state index in [1.165, 1.54) is 6.20 Å². The smallest absolute Gasteiger partial charge is 0.254 e. The zero-order chi connectivity index (χ0) is 15.7. The first-order valence-corrected chi connectivity index (χ1v) is 7.45. The van der Waals surface area contributed by atoms with Crippen molar-refractivity contribution in [3.8, 4) is 11.3 Å². The van der Waals surface area contributed by atoms with Gasteiger partial charge in [-0.1, -0.05) is 23.7 Å². The van der Waals surface area contributed by atoms with Gasteiger partial charge in [0.15, 0.2) is 0 Å². The Kier molecular flexibility index (Phi) is 4.29. The zero-order valence-electron chi connectivity index (χ0n) is 11.8. The first-order valence-electron chi connectivity index (χ1n) is 6.69. The average molecular weight is 338 g/mol. The summed E-state index contributed by atoms with van der Waals surface area (Å²) >= 11 is 11.9. The molecule has 1 aromatic carbocycles. The molecule has 0 spiro atoms. The number of carbonyl (C=O) groups is 1. The largest absolute Gasteiger partial charge is 0.383 e. The third-order valence-electron chi connectivity index (χ3n) is 3.54. The predicted molar refractivity (Wildman–Crippen MR) is 84.1 cm³/mol. The van der Waals surface area contributed by atoms with Crippen molar-refractivity contribution in [2.24, 2.45) is 0 Å². The minimum Gasteiger partial charge on any atom is -0.383 e. The van der Waals surface area contributed by atoms with E-state index in [0.29, 0.717) is 36.0 Å². The van der Waals surface area contributed by atoms with Crippen molar-refractivity contribution in [1.82, 2.24) is 14.9 Å². The lowest BCUT2D eigenvalue weighted by Crippen LogP contribution is -2.27. The molecule has 0 atom stereocenters. The van der Waals surface area contributed by atoms with Crippen LogP contribution in [0.25, 0.3) is 11.3 Å². The normalized spacial score (nSPS) is 13.6. The molecule has 1 aliphatic heterocycles. The number of nitrogens with zero attached hydrogens (tertiary/aromatic N) is 3. The Bertz CT molecular complexity index is 737. The summed E-state index contributed by atoms with van der Waals surface area (Å²) in [6.07, 6.45) is 1.45. The minimum absolute atomic E-state index is 0.00910. The lowest BCUT2D eigenvalue weighted by Gasteiger charge is -2.14. The summed E-state index contributed by atoms with van der Waals surface area (Å²) in [6.45, 7) is 1.68. The molecule has 114 valence electrons. The van der Waals surface area contributed by atoms with Crippen LogP contribution in [0.1, 0.15) is 15.9 Å². The van der Waals surface area contributed by atoms with E-state index >= 15 is 0 Å². The van der Waals surface area contributed by atoms with Gasteiger partial charge >= 0.3 is 0 Å². The van der Waals surface area contributed by atoms with E-state index in [1.807, 2.05) is 12.1 Å². The Labute approximate surface area is 137 Å². The number of halogens is 2. The molecule has 0 aliphatic carbocycles. The van der Waals surface area contributed by atoms with Crippen molar-refractivity contribution >= 4 is 29.1 Å². The lowest BCUT2D eigenvalue weighted by molar-refractivity contribution is 0.0719. The van der Waals surface area contributed by atoms with Crippen LogP contribution in [0.4, 0.5) is 0 Å². The number of carbonyl (C=O) groups excluding carboxylic acids is 1. The highest BCUT2D eigenvalue weighted by Gasteiger charge is 2.27. The summed E-state index contributed by atoms with van der Waals surface area (Å²) < 4.78 is 5.03. The van der Waals surface area contributed by atoms with E-state index in [0.717, 1.165) is 11.1 Å². The molecule has 22 heavy (non-hydrogen) atoms. The maximum Gasteiger partial charge on any atom is 0.254 e. The van der Waals surface area contributed by atoms with Gasteiger partial charge in [-0.05, 0) is 23.2 Å². The third kappa shape index (κ3) is 2.79. The van der Waals surface area contributed by atoms with Crippen LogP contribution in [0.15, 0.2) is 24.4 Å². The second kappa shape index (κ2) is 6.20. The second-order valence-electron chi connectivity index (χ2n) is 4.93. The van der Waals surface area contributed by atoms with Gasteiger partial charge in [0.25, 0.3) is 5.91 Å². The molecule has 1 aromatic heterocycles. The van der Waals surface area contributed by atoms with Crippen molar-refractivity contribution in [3.63, 3.8) is 0 Å². The predicted octanol–water partition coefficient (Wildman–Crippen LogP) is 3.05. The molecule has 1 aliphatic rings. The highest BCUT2D eigenvalue weighted by molar-refractivity contribution is 6.33. The van der Waals surface area contributed by atoms with Crippen LogP contribution in [0, 0.1) is 0 Å². The summed E-state index contributed by atoms with van der Waals surface area (Å²) in [7, 11) is 1.62. The molecule has 0 N–H and O–H groups in total. The van der Waals surface area contributed by atoms with Gasteiger partial charge < -0.3 is 9.64 Å². The summed E-state index contributed by atoms with van der Waals surface area (Å²) in [4.78, 5) is 22.1. The third-order valence-corrected chi connectivity index (χ3v) is 4.00. The molecule has 0 unspecified atom stereocenters. The van der Waals surface area contributed by atoms with E-state index in [4.69, 9.17) is 27.9 Å². The van der Waals surface area contributed by atoms with Crippen LogP contribution in [-0.4, -0.2) is 41.0 Å². The van der Waals surface area contributed by atoms with Crippen molar-refractivity contribution in [1.29, 1.82) is 0 Å². The Balaban J connectivity index is 1.95. The molecular weight excluding hydrogens is 325 g/mol. The highest BCUT2D eigenvalue weighted by Crippen LogP contribution is 2.31. The number of hydrogen-bond donors (Lipinski definition) is 0. The van der Waals surface area contributed by atoms with Gasteiger partial charge in [0.2, 0.25) is 5.28 Å². The molecule has 5 nitrogen and oxygen atoms in total. The van der Waals surface area contributed by atoms with Crippen LogP contribution < -0.4 is 0 Å². The van der Waals surface area contributed by atoms with E-state index in [9.17, 15) is 4.79 Å². The van der Waals surface area contributed by atoms with Crippen LogP contribution in [0.5, 0.6) is 0 Å². The van der Waals surface area contributed by atoms with Gasteiger partial charge in [0.1, 0.15) is 0 Å². The molecule has 3 rings (SSSR count). The summed E-state index contributed by atoms with van der Waals surface area (Å²) in [5, 5.41) is 0.513. The highest BCUT2D eigenvalue weighted by atomic mass is 35.5. The number of ether oxygens (including phenoxy) is 1. The number of fused-ring (bicyclic) bond motifs is 1. The number of rotatable bonds is 4. The van der Waals surface area contributed by atoms with Gasteiger partial charge in [-0.25, -0.2) is 9.97 Å². The Hall–Kier alpha value is -1.69. The fraction of sp³-hybridized carbons (Fsp3) is 0.267. The van der Waals surface area contributed by atoms with Crippen molar-refractivity contribution in [3.05, 3.63) is 45.8 Å². The van der Waals surface area contributed by atoms with E-state index < -0.39 is 0 Å². The van der Waals surface area contributed by atoms with Crippen LogP contribution in [-0.2, 0) is 11.3 Å². The topological polar surface area (TPSA) is 55.3 Å². The molecule has 2 heterocycles. The second-order valence-corrected chi connectivity index (χ2v) is 5.67. The summed E-state index contributed by atoms with van der Waals surface area (Å²) in [5.41, 5.74) is 2.92. The van der Waals surface area contributed by atoms with Gasteiger partial charge in [-0.15, -0.1) is 0 Å². The average Bonchev–Trinajstić information content (AvgIpc) is 2.83. The first-order chi connectivity index (χ1) is 10.6. The Morgan fingerprint density at radius 2 is 2.18 bits per heavy atom. The number of hydrogen-bond acceptors (Lipinski definition) is 4. The molecule has 0 bridgehead atoms. The number of methoxy groups -OCH3 is 1. The van der Waals surface area contributed by atoms with E-state index in [1.54, 1.807) is 18.1 Å². The van der Waals surface area contributed by atoms with E-state index in [2.05, 4.69) is 9.97 Å². The summed E-state index contributed by atoms with van der Waals surface area (Å²) in [5.74, 6) is -0.00910. The van der Waals surface area contributed by atoms with Gasteiger partial charge in [0.05, 0.1) is 23.5 Å². The van der Waals surface area contributed by atoms with Crippen LogP contribution >= 0.6 is 23.2 Å². The minimum atomic E-state index is -0.00910. The Morgan fingerprint density at radius 1 is 1.36 bits per heavy atom. The van der Waals surface area contributed by atoms with Gasteiger partial charge in [-0.2, -0.15) is 0 Å². The standard InChI is InChI=1S/C15H13Cl2N3O2/c1-22-5-4-20-8-10-3-2-9(6-11(10)14(20)21)13-12(16)7-18-15(17)19-13/h2-3,6-7H,4-5,8H2,1H3. The first kappa shape index (κ1) is 15.2. The van der Waals surface area contributed by atoms with E-state index in [-0.39, 0.29) is 11.2 Å². The monoisotopic (exact) mass is 337 g/mol. The summed E-state index contributed by atoms with van der Waals surface area (Å²) in [6, 6.07) is 5.60. The quantitative estimate of drug-likeness (QED) is 0.804. The van der Waals surface area contributed by atoms with Gasteiger partial charge in [0, 0.05) is 31.3 Å². The van der Waals surface area contributed by atoms with Crippen LogP contribution in [0.2, 0.25) is 10.3 Å². The fourth-order valence-corrected chi connectivity index (χ4v) is 2.77. The SMILES string of the molecule is COCCN1Cc2ccc(-c3nc(Cl)ncc3Cl)cc2C1=O. The number of aromatic nitrogens is 2. The molecule has 1 amide bonds. The molecular formula is C15H13Cl2N3O2. The molecule has 0 saturated heterocycles. The van der Waals surface area contributed by atoms with Crippen molar-refractivity contribution < 1.29 is 9.53 Å². The zero-order valence-corrected chi connectivity index (χ0v) is 13.4. The lowest BCUT2D eigenvalue weighted by atomic mass is 10.0. The number of amides is 1. The maximum atomic E-state index is 12.4. The number of benzene rings is 1. The van der Waals surface area contributed by atoms with Crippen LogP contribution in [0.3, 0.4) is 0 Å². The van der Waals surface area contributed by atoms with Crippen molar-refractivity contribution in [2.45, 2.75) is 6.54 Å². The molecule has 7 heteroatoms. The van der Waals surface area contributed by atoms with Crippen molar-refractivity contribution in [2.75, 3.05) is 20.3 Å². The molecule has 0 fully saturated rings. The molecule has 0 saturated carbocycles. The van der Waals surface area contributed by atoms with Gasteiger partial charge in [-0.3, -0.25) is 4.79 Å². The fourth-order valence-electron chi connectivity index (χ4n) is 2.44. The molecule has 2 aromatic rings. The Morgan fingerprint density at radius 3 is 2.95 bits per heavy atom. The maximum absolute atomic E-state index is 12.4. The molecule has 0 radical (unpaired) electrons.